The first kappa shape index (κ1) is 13.1. The van der Waals surface area contributed by atoms with E-state index >= 15 is 0 Å². The highest BCUT2D eigenvalue weighted by molar-refractivity contribution is 9.10. The molecule has 0 spiro atoms. The molecule has 0 unspecified atom stereocenters. The van der Waals surface area contributed by atoms with Gasteiger partial charge in [0.15, 0.2) is 0 Å². The lowest BCUT2D eigenvalue weighted by Crippen LogP contribution is -1.97. The number of nitrogens with two attached hydrogens (primary N) is 1. The van der Waals surface area contributed by atoms with Gasteiger partial charge in [-0.25, -0.2) is 4.98 Å². The van der Waals surface area contributed by atoms with Gasteiger partial charge in [0.1, 0.15) is 22.9 Å². The Hall–Kier alpha value is -1.33. The van der Waals surface area contributed by atoms with Gasteiger partial charge in [-0.3, -0.25) is 0 Å². The summed E-state index contributed by atoms with van der Waals surface area (Å²) in [4.78, 5) is 7.74. The van der Waals surface area contributed by atoms with Crippen LogP contribution in [0.3, 0.4) is 0 Å². The molecule has 18 heavy (non-hydrogen) atoms. The highest BCUT2D eigenvalue weighted by Crippen LogP contribution is 2.32. The van der Waals surface area contributed by atoms with Crippen LogP contribution in [0.25, 0.3) is 0 Å². The molecular formula is C12H11BrClN3O. The predicted molar refractivity (Wildman–Crippen MR) is 75.1 cm³/mol. The predicted octanol–water partition coefficient (Wildman–Crippen LogP) is 3.88. The average molecular weight is 329 g/mol. The van der Waals surface area contributed by atoms with Gasteiger partial charge in [0, 0.05) is 4.47 Å². The van der Waals surface area contributed by atoms with E-state index in [1.54, 1.807) is 0 Å². The second-order valence-corrected chi connectivity index (χ2v) is 5.02. The molecule has 2 rings (SSSR count). The third-order valence-electron chi connectivity index (χ3n) is 2.41. The smallest absolute Gasteiger partial charge is 0.243 e. The summed E-state index contributed by atoms with van der Waals surface area (Å²) in [5.41, 5.74) is 7.73. The van der Waals surface area contributed by atoms with Crippen molar-refractivity contribution in [3.63, 3.8) is 0 Å². The number of hydrogen-bond donors (Lipinski definition) is 1. The van der Waals surface area contributed by atoms with Crippen LogP contribution in [0.15, 0.2) is 22.9 Å². The Kier molecular flexibility index (Phi) is 3.73. The summed E-state index contributed by atoms with van der Waals surface area (Å²) in [5, 5.41) is 0.218. The van der Waals surface area contributed by atoms with Crippen LogP contribution in [-0.2, 0) is 0 Å². The molecule has 2 N–H and O–H groups in total. The molecule has 1 aromatic heterocycles. The largest absolute Gasteiger partial charge is 0.437 e. The lowest BCUT2D eigenvalue weighted by atomic mass is 10.1. The van der Waals surface area contributed by atoms with Crippen molar-refractivity contribution in [3.05, 3.63) is 39.1 Å². The van der Waals surface area contributed by atoms with E-state index in [0.29, 0.717) is 5.75 Å². The molecule has 0 saturated carbocycles. The fourth-order valence-electron chi connectivity index (χ4n) is 1.51. The lowest BCUT2D eigenvalue weighted by molar-refractivity contribution is 0.461. The summed E-state index contributed by atoms with van der Waals surface area (Å²) in [6.07, 6.45) is 1.31. The van der Waals surface area contributed by atoms with Crippen LogP contribution in [-0.4, -0.2) is 9.97 Å². The van der Waals surface area contributed by atoms with E-state index in [9.17, 15) is 0 Å². The highest BCUT2D eigenvalue weighted by atomic mass is 79.9. The summed E-state index contributed by atoms with van der Waals surface area (Å²) in [6, 6.07) is 3.79. The van der Waals surface area contributed by atoms with Crippen molar-refractivity contribution < 1.29 is 4.74 Å². The van der Waals surface area contributed by atoms with Crippen LogP contribution in [0.1, 0.15) is 11.1 Å². The summed E-state index contributed by atoms with van der Waals surface area (Å²) in [5.74, 6) is 1.12. The number of benzene rings is 1. The first-order chi connectivity index (χ1) is 8.49. The molecule has 2 aromatic rings. The van der Waals surface area contributed by atoms with Crippen LogP contribution < -0.4 is 10.5 Å². The van der Waals surface area contributed by atoms with Crippen LogP contribution in [0.2, 0.25) is 5.02 Å². The molecule has 0 aliphatic heterocycles. The highest BCUT2D eigenvalue weighted by Gasteiger charge is 2.10. The van der Waals surface area contributed by atoms with Crippen LogP contribution in [0, 0.1) is 13.8 Å². The lowest BCUT2D eigenvalue weighted by Gasteiger charge is -2.10. The summed E-state index contributed by atoms with van der Waals surface area (Å²) < 4.78 is 6.68. The van der Waals surface area contributed by atoms with Gasteiger partial charge in [-0.1, -0.05) is 27.5 Å². The molecule has 0 amide bonds. The van der Waals surface area contributed by atoms with E-state index in [0.717, 1.165) is 15.6 Å². The number of aromatic nitrogens is 2. The minimum absolute atomic E-state index is 0.201. The fraction of sp³-hybridized carbons (Fsp3) is 0.167. The number of nitrogens with zero attached hydrogens (tertiary/aromatic N) is 2. The minimum atomic E-state index is 0.201. The summed E-state index contributed by atoms with van der Waals surface area (Å²) >= 11 is 9.47. The SMILES string of the molecule is Cc1cc(Oc2ncnc(N)c2Cl)cc(C)c1Br. The van der Waals surface area contributed by atoms with Gasteiger partial charge in [-0.2, -0.15) is 4.98 Å². The maximum absolute atomic E-state index is 5.97. The Bertz CT molecular complexity index is 581. The van der Waals surface area contributed by atoms with Crippen LogP contribution in [0.4, 0.5) is 5.82 Å². The topological polar surface area (TPSA) is 61.0 Å². The molecule has 1 aromatic carbocycles. The Morgan fingerprint density at radius 3 is 2.44 bits per heavy atom. The normalized spacial score (nSPS) is 10.4. The van der Waals surface area contributed by atoms with Gasteiger partial charge < -0.3 is 10.5 Å². The van der Waals surface area contributed by atoms with Crippen molar-refractivity contribution in [1.29, 1.82) is 0 Å². The molecule has 0 radical (unpaired) electrons. The van der Waals surface area contributed by atoms with Crippen LogP contribution >= 0.6 is 27.5 Å². The minimum Gasteiger partial charge on any atom is -0.437 e. The summed E-state index contributed by atoms with van der Waals surface area (Å²) in [7, 11) is 0. The van der Waals surface area contributed by atoms with Gasteiger partial charge >= 0.3 is 0 Å². The van der Waals surface area contributed by atoms with Crippen molar-refractivity contribution in [1.82, 2.24) is 9.97 Å². The van der Waals surface area contributed by atoms with E-state index in [1.807, 2.05) is 26.0 Å². The molecule has 1 heterocycles. The first-order valence-corrected chi connectivity index (χ1v) is 6.36. The zero-order valence-corrected chi connectivity index (χ0v) is 12.2. The van der Waals surface area contributed by atoms with Gasteiger partial charge in [0.25, 0.3) is 0 Å². The van der Waals surface area contributed by atoms with Crippen molar-refractivity contribution in [2.75, 3.05) is 5.73 Å². The molecule has 0 saturated heterocycles. The number of hydrogen-bond acceptors (Lipinski definition) is 4. The quantitative estimate of drug-likeness (QED) is 0.908. The molecule has 0 atom stereocenters. The fourth-order valence-corrected chi connectivity index (χ4v) is 1.88. The molecule has 0 aliphatic rings. The number of rotatable bonds is 2. The van der Waals surface area contributed by atoms with Gasteiger partial charge in [-0.15, -0.1) is 0 Å². The molecular weight excluding hydrogens is 318 g/mol. The maximum atomic E-state index is 5.97. The number of nitrogen functional groups attached to an aromatic ring is 1. The molecule has 0 bridgehead atoms. The second-order valence-electron chi connectivity index (χ2n) is 3.85. The molecule has 0 aliphatic carbocycles. The average Bonchev–Trinajstić information content (AvgIpc) is 2.32. The maximum Gasteiger partial charge on any atom is 0.243 e. The number of halogens is 2. The summed E-state index contributed by atoms with van der Waals surface area (Å²) in [6.45, 7) is 3.97. The Balaban J connectivity index is 2.37. The van der Waals surface area contributed by atoms with Crippen molar-refractivity contribution >= 4 is 33.3 Å². The van der Waals surface area contributed by atoms with E-state index < -0.39 is 0 Å². The van der Waals surface area contributed by atoms with Gasteiger partial charge in [0.05, 0.1) is 0 Å². The van der Waals surface area contributed by atoms with E-state index in [4.69, 9.17) is 22.1 Å². The third-order valence-corrected chi connectivity index (χ3v) is 4.02. The number of ether oxygens (including phenoxy) is 1. The zero-order chi connectivity index (χ0) is 13.3. The van der Waals surface area contributed by atoms with Crippen molar-refractivity contribution in [3.8, 4) is 11.6 Å². The Labute approximate surface area is 118 Å². The van der Waals surface area contributed by atoms with E-state index in [1.165, 1.54) is 6.33 Å². The third kappa shape index (κ3) is 2.57. The van der Waals surface area contributed by atoms with Gasteiger partial charge in [-0.05, 0) is 37.1 Å². The van der Waals surface area contributed by atoms with E-state index in [-0.39, 0.29) is 16.7 Å². The van der Waals surface area contributed by atoms with E-state index in [2.05, 4.69) is 25.9 Å². The monoisotopic (exact) mass is 327 g/mol. The standard InChI is InChI=1S/C12H11BrClN3O/c1-6-3-8(4-7(2)9(6)13)18-12-10(14)11(15)16-5-17-12/h3-5H,1-2H3,(H2,15,16,17). The number of anilines is 1. The Morgan fingerprint density at radius 2 is 1.83 bits per heavy atom. The zero-order valence-electron chi connectivity index (χ0n) is 9.87. The van der Waals surface area contributed by atoms with Gasteiger partial charge in [0.2, 0.25) is 5.88 Å². The molecule has 0 fully saturated rings. The first-order valence-electron chi connectivity index (χ1n) is 5.19. The Morgan fingerprint density at radius 1 is 1.22 bits per heavy atom. The molecule has 4 nitrogen and oxygen atoms in total. The second kappa shape index (κ2) is 5.12. The van der Waals surface area contributed by atoms with Crippen LogP contribution in [0.5, 0.6) is 11.6 Å². The van der Waals surface area contributed by atoms with Crippen molar-refractivity contribution in [2.24, 2.45) is 0 Å². The molecule has 6 heteroatoms. The van der Waals surface area contributed by atoms with Crippen molar-refractivity contribution in [2.45, 2.75) is 13.8 Å². The number of aryl methyl sites for hydroxylation is 2. The molecule has 94 valence electrons.